The Bertz CT molecular complexity index is 425. The van der Waals surface area contributed by atoms with E-state index < -0.39 is 11.6 Å². The van der Waals surface area contributed by atoms with Crippen LogP contribution in [0.4, 0.5) is 8.78 Å². The quantitative estimate of drug-likeness (QED) is 0.719. The molecular formula is C12H13F2NO. The van der Waals surface area contributed by atoms with Gasteiger partial charge in [-0.15, -0.1) is 0 Å². The molecule has 86 valence electrons. The van der Waals surface area contributed by atoms with Crippen molar-refractivity contribution in [2.45, 2.75) is 19.8 Å². The summed E-state index contributed by atoms with van der Waals surface area (Å²) >= 11 is 0. The zero-order valence-electron chi connectivity index (χ0n) is 9.09. The summed E-state index contributed by atoms with van der Waals surface area (Å²) in [6, 6.07) is 2.06. The van der Waals surface area contributed by atoms with Crippen LogP contribution in [0.2, 0.25) is 0 Å². The van der Waals surface area contributed by atoms with Crippen molar-refractivity contribution >= 4 is 5.91 Å². The molecule has 1 saturated heterocycles. The Balaban J connectivity index is 2.32. The maximum atomic E-state index is 13.4. The maximum Gasteiger partial charge on any atom is 0.256 e. The molecule has 0 bridgehead atoms. The Labute approximate surface area is 92.9 Å². The van der Waals surface area contributed by atoms with E-state index in [9.17, 15) is 13.6 Å². The molecule has 0 aliphatic carbocycles. The number of aryl methyl sites for hydroxylation is 1. The predicted molar refractivity (Wildman–Crippen MR) is 56.2 cm³/mol. The maximum absolute atomic E-state index is 13.4. The molecule has 1 amide bonds. The molecule has 16 heavy (non-hydrogen) atoms. The van der Waals surface area contributed by atoms with Crippen LogP contribution in [0.15, 0.2) is 12.1 Å². The van der Waals surface area contributed by atoms with Gasteiger partial charge in [0.05, 0.1) is 5.56 Å². The number of likely N-dealkylation sites (tertiary alicyclic amines) is 1. The summed E-state index contributed by atoms with van der Waals surface area (Å²) in [5.74, 6) is -1.73. The zero-order valence-corrected chi connectivity index (χ0v) is 9.09. The minimum Gasteiger partial charge on any atom is -0.339 e. The van der Waals surface area contributed by atoms with Gasteiger partial charge in [0.25, 0.3) is 5.91 Å². The fourth-order valence-electron chi connectivity index (χ4n) is 1.91. The van der Waals surface area contributed by atoms with Crippen molar-refractivity contribution in [3.63, 3.8) is 0 Å². The smallest absolute Gasteiger partial charge is 0.256 e. The molecule has 1 aromatic carbocycles. The van der Waals surface area contributed by atoms with Crippen LogP contribution in [0.5, 0.6) is 0 Å². The summed E-state index contributed by atoms with van der Waals surface area (Å²) in [6.07, 6.45) is 1.90. The highest BCUT2D eigenvalue weighted by atomic mass is 19.1. The van der Waals surface area contributed by atoms with Gasteiger partial charge in [-0.25, -0.2) is 8.78 Å². The van der Waals surface area contributed by atoms with Crippen LogP contribution in [-0.4, -0.2) is 23.9 Å². The molecule has 1 aliphatic heterocycles. The van der Waals surface area contributed by atoms with E-state index in [2.05, 4.69) is 0 Å². The lowest BCUT2D eigenvalue weighted by Crippen LogP contribution is -2.28. The first-order chi connectivity index (χ1) is 7.59. The summed E-state index contributed by atoms with van der Waals surface area (Å²) in [5, 5.41) is 0. The lowest BCUT2D eigenvalue weighted by atomic mass is 10.1. The van der Waals surface area contributed by atoms with Gasteiger partial charge < -0.3 is 4.90 Å². The van der Waals surface area contributed by atoms with E-state index in [4.69, 9.17) is 0 Å². The Kier molecular flexibility index (Phi) is 2.90. The Morgan fingerprint density at radius 2 is 1.81 bits per heavy atom. The van der Waals surface area contributed by atoms with Crippen LogP contribution in [0, 0.1) is 18.6 Å². The first kappa shape index (κ1) is 11.0. The van der Waals surface area contributed by atoms with Crippen LogP contribution in [0.3, 0.4) is 0 Å². The standard InChI is InChI=1S/C12H13F2NO/c1-8-6-9(11(14)7-10(8)13)12(16)15-4-2-3-5-15/h6-7H,2-5H2,1H3. The van der Waals surface area contributed by atoms with E-state index in [0.717, 1.165) is 18.9 Å². The molecule has 0 N–H and O–H groups in total. The molecule has 0 aromatic heterocycles. The third-order valence-corrected chi connectivity index (χ3v) is 2.87. The van der Waals surface area contributed by atoms with Crippen LogP contribution in [0.1, 0.15) is 28.8 Å². The second-order valence-corrected chi connectivity index (χ2v) is 4.08. The van der Waals surface area contributed by atoms with Crippen LogP contribution >= 0.6 is 0 Å². The molecule has 1 heterocycles. The van der Waals surface area contributed by atoms with E-state index in [1.54, 1.807) is 4.90 Å². The fourth-order valence-corrected chi connectivity index (χ4v) is 1.91. The molecule has 1 aliphatic rings. The van der Waals surface area contributed by atoms with Gasteiger partial charge in [0.1, 0.15) is 11.6 Å². The van der Waals surface area contributed by atoms with E-state index in [1.807, 2.05) is 0 Å². The number of rotatable bonds is 1. The molecule has 1 aromatic rings. The lowest BCUT2D eigenvalue weighted by molar-refractivity contribution is 0.0788. The summed E-state index contributed by atoms with van der Waals surface area (Å²) in [4.78, 5) is 13.5. The second kappa shape index (κ2) is 4.20. The van der Waals surface area contributed by atoms with Crippen molar-refractivity contribution in [3.05, 3.63) is 34.9 Å². The molecule has 0 radical (unpaired) electrons. The number of carbonyl (C=O) groups excluding carboxylic acids is 1. The van der Waals surface area contributed by atoms with Gasteiger partial charge >= 0.3 is 0 Å². The second-order valence-electron chi connectivity index (χ2n) is 4.08. The van der Waals surface area contributed by atoms with Crippen molar-refractivity contribution in [2.24, 2.45) is 0 Å². The average molecular weight is 225 g/mol. The molecule has 0 saturated carbocycles. The Morgan fingerprint density at radius 1 is 1.19 bits per heavy atom. The third-order valence-electron chi connectivity index (χ3n) is 2.87. The van der Waals surface area contributed by atoms with Crippen LogP contribution < -0.4 is 0 Å². The monoisotopic (exact) mass is 225 g/mol. The largest absolute Gasteiger partial charge is 0.339 e. The van der Waals surface area contributed by atoms with Gasteiger partial charge in [0.15, 0.2) is 0 Å². The SMILES string of the molecule is Cc1cc(C(=O)N2CCCC2)c(F)cc1F. The van der Waals surface area contributed by atoms with Gasteiger partial charge in [0.2, 0.25) is 0 Å². The number of carbonyl (C=O) groups is 1. The molecule has 4 heteroatoms. The number of amides is 1. The van der Waals surface area contributed by atoms with Gasteiger partial charge in [0, 0.05) is 19.2 Å². The fraction of sp³-hybridized carbons (Fsp3) is 0.417. The van der Waals surface area contributed by atoms with Crippen molar-refractivity contribution < 1.29 is 13.6 Å². The molecule has 0 atom stereocenters. The first-order valence-electron chi connectivity index (χ1n) is 5.34. The number of hydrogen-bond acceptors (Lipinski definition) is 1. The highest BCUT2D eigenvalue weighted by molar-refractivity contribution is 5.94. The Hall–Kier alpha value is -1.45. The van der Waals surface area contributed by atoms with Crippen molar-refractivity contribution in [3.8, 4) is 0 Å². The van der Waals surface area contributed by atoms with Gasteiger partial charge in [-0.1, -0.05) is 0 Å². The highest BCUT2D eigenvalue weighted by Gasteiger charge is 2.22. The van der Waals surface area contributed by atoms with Crippen molar-refractivity contribution in [1.29, 1.82) is 0 Å². The summed E-state index contributed by atoms with van der Waals surface area (Å²) < 4.78 is 26.5. The minimum absolute atomic E-state index is 0.0270. The predicted octanol–water partition coefficient (Wildman–Crippen LogP) is 2.51. The van der Waals surface area contributed by atoms with E-state index in [0.29, 0.717) is 18.7 Å². The minimum atomic E-state index is -0.778. The van der Waals surface area contributed by atoms with Gasteiger partial charge in [-0.05, 0) is 31.4 Å². The molecule has 1 fully saturated rings. The van der Waals surface area contributed by atoms with Gasteiger partial charge in [-0.3, -0.25) is 4.79 Å². The Morgan fingerprint density at radius 3 is 2.44 bits per heavy atom. The first-order valence-corrected chi connectivity index (χ1v) is 5.34. The van der Waals surface area contributed by atoms with Crippen molar-refractivity contribution in [1.82, 2.24) is 4.90 Å². The molecule has 0 spiro atoms. The van der Waals surface area contributed by atoms with E-state index >= 15 is 0 Å². The zero-order chi connectivity index (χ0) is 11.7. The molecule has 2 rings (SSSR count). The number of hydrogen-bond donors (Lipinski definition) is 0. The van der Waals surface area contributed by atoms with Crippen molar-refractivity contribution in [2.75, 3.05) is 13.1 Å². The summed E-state index contributed by atoms with van der Waals surface area (Å²) in [6.45, 7) is 2.85. The van der Waals surface area contributed by atoms with E-state index in [-0.39, 0.29) is 11.5 Å². The van der Waals surface area contributed by atoms with Gasteiger partial charge in [-0.2, -0.15) is 0 Å². The number of halogens is 2. The average Bonchev–Trinajstić information content (AvgIpc) is 2.75. The van der Waals surface area contributed by atoms with E-state index in [1.165, 1.54) is 13.0 Å². The molecule has 0 unspecified atom stereocenters. The lowest BCUT2D eigenvalue weighted by Gasteiger charge is -2.16. The molecular weight excluding hydrogens is 212 g/mol. The summed E-state index contributed by atoms with van der Waals surface area (Å²) in [7, 11) is 0. The summed E-state index contributed by atoms with van der Waals surface area (Å²) in [5.41, 5.74) is 0.268. The number of nitrogens with zero attached hydrogens (tertiary/aromatic N) is 1. The normalized spacial score (nSPS) is 15.6. The van der Waals surface area contributed by atoms with Crippen LogP contribution in [-0.2, 0) is 0 Å². The molecule has 2 nitrogen and oxygen atoms in total. The van der Waals surface area contributed by atoms with Crippen LogP contribution in [0.25, 0.3) is 0 Å². The third kappa shape index (κ3) is 1.92. The topological polar surface area (TPSA) is 20.3 Å². The number of benzene rings is 1. The highest BCUT2D eigenvalue weighted by Crippen LogP contribution is 2.18.